The summed E-state index contributed by atoms with van der Waals surface area (Å²) in [5.74, 6) is 0.604. The molecule has 2 aromatic rings. The van der Waals surface area contributed by atoms with Crippen LogP contribution in [0, 0.1) is 0 Å². The Morgan fingerprint density at radius 2 is 2.04 bits per heavy atom. The minimum atomic E-state index is -0.587. The molecule has 4 rings (SSSR count). The number of anilines is 3. The van der Waals surface area contributed by atoms with Gasteiger partial charge in [0.2, 0.25) is 0 Å². The van der Waals surface area contributed by atoms with E-state index in [9.17, 15) is 4.79 Å². The summed E-state index contributed by atoms with van der Waals surface area (Å²) in [6, 6.07) is 6.09. The molecule has 0 radical (unpaired) electrons. The van der Waals surface area contributed by atoms with Crippen LogP contribution in [0.2, 0.25) is 0 Å². The van der Waals surface area contributed by atoms with Gasteiger partial charge in [-0.3, -0.25) is 4.79 Å². The minimum Gasteiger partial charge on any atom is -0.376 e. The molecule has 2 aliphatic heterocycles. The smallest absolute Gasteiger partial charge is 0.271 e. The molecule has 7 heteroatoms. The zero-order valence-electron chi connectivity index (χ0n) is 14.7. The maximum absolute atomic E-state index is 11.8. The van der Waals surface area contributed by atoms with Crippen LogP contribution in [-0.4, -0.2) is 35.6 Å². The third-order valence-electron chi connectivity index (χ3n) is 4.92. The maximum Gasteiger partial charge on any atom is 0.271 e. The van der Waals surface area contributed by atoms with Crippen LogP contribution in [0.25, 0.3) is 0 Å². The van der Waals surface area contributed by atoms with Crippen LogP contribution in [0.3, 0.4) is 0 Å². The largest absolute Gasteiger partial charge is 0.376 e. The Morgan fingerprint density at radius 1 is 1.19 bits per heavy atom. The number of amides is 1. The van der Waals surface area contributed by atoms with Crippen LogP contribution < -0.4 is 16.0 Å². The number of ether oxygens (including phenoxy) is 1. The Balaban J connectivity index is 1.64. The standard InChI is InChI=1S/C19H23N5O2/c20-18(25)17-19(23-16(11-21-17)24-7-2-1-3-8-24)22-15-5-4-14-12-26-9-6-13(14)10-15/h4-5,10-11H,1-3,6-9,12H2,(H2,20,25)(H,22,23). The number of hydrogen-bond donors (Lipinski definition) is 2. The molecule has 1 amide bonds. The number of carbonyl (C=O) groups excluding carboxylic acids is 1. The van der Waals surface area contributed by atoms with Gasteiger partial charge in [0.1, 0.15) is 5.82 Å². The molecule has 1 aromatic carbocycles. The molecule has 0 atom stereocenters. The fraction of sp³-hybridized carbons (Fsp3) is 0.421. The molecule has 136 valence electrons. The first kappa shape index (κ1) is 16.8. The van der Waals surface area contributed by atoms with Gasteiger partial charge < -0.3 is 20.7 Å². The first-order chi connectivity index (χ1) is 12.7. The number of hydrogen-bond acceptors (Lipinski definition) is 6. The van der Waals surface area contributed by atoms with Gasteiger partial charge in [0.05, 0.1) is 19.4 Å². The number of carbonyl (C=O) groups is 1. The molecule has 2 aliphatic rings. The lowest BCUT2D eigenvalue weighted by molar-refractivity contribution is 0.0996. The molecular formula is C19H23N5O2. The Labute approximate surface area is 152 Å². The van der Waals surface area contributed by atoms with Gasteiger partial charge in [0, 0.05) is 18.8 Å². The topological polar surface area (TPSA) is 93.4 Å². The quantitative estimate of drug-likeness (QED) is 0.877. The SMILES string of the molecule is NC(=O)c1ncc(N2CCCCC2)nc1Nc1ccc2c(c1)CCOC2. The highest BCUT2D eigenvalue weighted by atomic mass is 16.5. The van der Waals surface area contributed by atoms with Gasteiger partial charge >= 0.3 is 0 Å². The lowest BCUT2D eigenvalue weighted by atomic mass is 10.0. The molecule has 26 heavy (non-hydrogen) atoms. The average molecular weight is 353 g/mol. The van der Waals surface area contributed by atoms with Crippen molar-refractivity contribution in [3.05, 3.63) is 41.2 Å². The first-order valence-electron chi connectivity index (χ1n) is 9.09. The Kier molecular flexibility index (Phi) is 4.71. The number of nitrogens with one attached hydrogen (secondary N) is 1. The summed E-state index contributed by atoms with van der Waals surface area (Å²) in [6.45, 7) is 3.30. The second kappa shape index (κ2) is 7.29. The number of benzene rings is 1. The average Bonchev–Trinajstić information content (AvgIpc) is 2.68. The van der Waals surface area contributed by atoms with E-state index < -0.39 is 5.91 Å². The highest BCUT2D eigenvalue weighted by molar-refractivity contribution is 5.96. The molecule has 0 saturated carbocycles. The van der Waals surface area contributed by atoms with Crippen LogP contribution in [0.15, 0.2) is 24.4 Å². The molecule has 0 unspecified atom stereocenters. The van der Waals surface area contributed by atoms with Gasteiger partial charge in [-0.15, -0.1) is 0 Å². The minimum absolute atomic E-state index is 0.159. The van der Waals surface area contributed by atoms with E-state index in [0.717, 1.165) is 50.5 Å². The van der Waals surface area contributed by atoms with E-state index >= 15 is 0 Å². The highest BCUT2D eigenvalue weighted by Crippen LogP contribution is 2.26. The van der Waals surface area contributed by atoms with Crippen molar-refractivity contribution in [1.82, 2.24) is 9.97 Å². The first-order valence-corrected chi connectivity index (χ1v) is 9.09. The van der Waals surface area contributed by atoms with E-state index in [1.807, 2.05) is 12.1 Å². The predicted octanol–water partition coefficient (Wildman–Crippen LogP) is 2.38. The molecule has 0 aliphatic carbocycles. The molecule has 0 bridgehead atoms. The van der Waals surface area contributed by atoms with Crippen molar-refractivity contribution in [1.29, 1.82) is 0 Å². The van der Waals surface area contributed by atoms with E-state index in [1.165, 1.54) is 17.5 Å². The van der Waals surface area contributed by atoms with Gasteiger partial charge in [0.25, 0.3) is 5.91 Å². The van der Waals surface area contributed by atoms with Crippen molar-refractivity contribution in [2.24, 2.45) is 5.73 Å². The molecule has 1 aromatic heterocycles. The van der Waals surface area contributed by atoms with Crippen molar-refractivity contribution in [3.8, 4) is 0 Å². The van der Waals surface area contributed by atoms with Crippen molar-refractivity contribution < 1.29 is 9.53 Å². The summed E-state index contributed by atoms with van der Waals surface area (Å²) in [5, 5.41) is 3.24. The number of aromatic nitrogens is 2. The molecule has 7 nitrogen and oxygen atoms in total. The van der Waals surface area contributed by atoms with Crippen LogP contribution in [0.4, 0.5) is 17.3 Å². The zero-order chi connectivity index (χ0) is 17.9. The number of fused-ring (bicyclic) bond motifs is 1. The Morgan fingerprint density at radius 3 is 2.85 bits per heavy atom. The third kappa shape index (κ3) is 3.48. The summed E-state index contributed by atoms with van der Waals surface area (Å²) in [6.07, 6.45) is 6.06. The van der Waals surface area contributed by atoms with E-state index in [4.69, 9.17) is 10.5 Å². The molecule has 0 spiro atoms. The number of primary amides is 1. The maximum atomic E-state index is 11.8. The van der Waals surface area contributed by atoms with Crippen LogP contribution >= 0.6 is 0 Å². The molecule has 1 saturated heterocycles. The monoisotopic (exact) mass is 353 g/mol. The summed E-state index contributed by atoms with van der Waals surface area (Å²) in [4.78, 5) is 22.9. The second-order valence-corrected chi connectivity index (χ2v) is 6.75. The Bertz CT molecular complexity index is 818. The van der Waals surface area contributed by atoms with Gasteiger partial charge in [-0.25, -0.2) is 9.97 Å². The molecule has 3 N–H and O–H groups in total. The Hall–Kier alpha value is -2.67. The second-order valence-electron chi connectivity index (χ2n) is 6.75. The van der Waals surface area contributed by atoms with Gasteiger partial charge in [-0.05, 0) is 48.9 Å². The van der Waals surface area contributed by atoms with Gasteiger partial charge in [-0.1, -0.05) is 6.07 Å². The normalized spacial score (nSPS) is 16.8. The summed E-state index contributed by atoms with van der Waals surface area (Å²) in [5.41, 5.74) is 8.98. The van der Waals surface area contributed by atoms with Crippen LogP contribution in [0.1, 0.15) is 40.9 Å². The van der Waals surface area contributed by atoms with Gasteiger partial charge in [-0.2, -0.15) is 0 Å². The molecular weight excluding hydrogens is 330 g/mol. The van der Waals surface area contributed by atoms with E-state index in [0.29, 0.717) is 12.4 Å². The van der Waals surface area contributed by atoms with E-state index in [1.54, 1.807) is 6.20 Å². The van der Waals surface area contributed by atoms with Crippen molar-refractivity contribution in [2.45, 2.75) is 32.3 Å². The lowest BCUT2D eigenvalue weighted by Crippen LogP contribution is -2.31. The van der Waals surface area contributed by atoms with E-state index in [2.05, 4.69) is 26.3 Å². The third-order valence-corrected chi connectivity index (χ3v) is 4.92. The number of nitrogens with two attached hydrogens (primary N) is 1. The number of piperidine rings is 1. The van der Waals surface area contributed by atoms with Gasteiger partial charge in [0.15, 0.2) is 11.5 Å². The summed E-state index contributed by atoms with van der Waals surface area (Å²) < 4.78 is 5.48. The fourth-order valence-corrected chi connectivity index (χ4v) is 3.50. The number of nitrogens with zero attached hydrogens (tertiary/aromatic N) is 3. The summed E-state index contributed by atoms with van der Waals surface area (Å²) >= 11 is 0. The predicted molar refractivity (Wildman–Crippen MR) is 99.7 cm³/mol. The van der Waals surface area contributed by atoms with Crippen molar-refractivity contribution in [3.63, 3.8) is 0 Å². The fourth-order valence-electron chi connectivity index (χ4n) is 3.50. The highest BCUT2D eigenvalue weighted by Gasteiger charge is 2.18. The van der Waals surface area contributed by atoms with Crippen molar-refractivity contribution >= 4 is 23.2 Å². The summed E-state index contributed by atoms with van der Waals surface area (Å²) in [7, 11) is 0. The molecule has 3 heterocycles. The molecule has 1 fully saturated rings. The zero-order valence-corrected chi connectivity index (χ0v) is 14.7. The van der Waals surface area contributed by atoms with Crippen molar-refractivity contribution in [2.75, 3.05) is 29.9 Å². The van der Waals surface area contributed by atoms with Crippen LogP contribution in [-0.2, 0) is 17.8 Å². The van der Waals surface area contributed by atoms with Crippen LogP contribution in [0.5, 0.6) is 0 Å². The lowest BCUT2D eigenvalue weighted by Gasteiger charge is -2.28. The number of rotatable bonds is 4. The van der Waals surface area contributed by atoms with E-state index in [-0.39, 0.29) is 5.69 Å².